The minimum absolute atomic E-state index is 0.0280. The topological polar surface area (TPSA) is 51.0 Å². The zero-order valence-corrected chi connectivity index (χ0v) is 15.5. The highest BCUT2D eigenvalue weighted by Crippen LogP contribution is 2.25. The molecule has 0 saturated heterocycles. The molecule has 0 aromatic carbocycles. The van der Waals surface area contributed by atoms with Gasteiger partial charge in [0.15, 0.2) is 0 Å². The van der Waals surface area contributed by atoms with E-state index in [0.29, 0.717) is 23.8 Å². The maximum Gasteiger partial charge on any atom is 0.389 e. The van der Waals surface area contributed by atoms with Crippen molar-refractivity contribution >= 4 is 23.5 Å². The molecule has 0 N–H and O–H groups in total. The van der Waals surface area contributed by atoms with Crippen molar-refractivity contribution in [1.82, 2.24) is 14.8 Å². The number of hydrogen-bond acceptors (Lipinski definition) is 4. The van der Waals surface area contributed by atoms with E-state index in [-0.39, 0.29) is 18.1 Å². The molecule has 0 radical (unpaired) electrons. The van der Waals surface area contributed by atoms with Crippen LogP contribution in [-0.2, 0) is 11.8 Å². The van der Waals surface area contributed by atoms with Gasteiger partial charge in [-0.05, 0) is 19.1 Å². The molecule has 142 valence electrons. The maximum atomic E-state index is 12.5. The van der Waals surface area contributed by atoms with Gasteiger partial charge >= 0.3 is 6.18 Å². The molecule has 1 amide bonds. The number of anilines is 1. The Labute approximate surface area is 154 Å². The van der Waals surface area contributed by atoms with E-state index in [1.165, 1.54) is 0 Å². The second-order valence-corrected chi connectivity index (χ2v) is 6.84. The fourth-order valence-corrected chi connectivity index (χ4v) is 3.31. The summed E-state index contributed by atoms with van der Waals surface area (Å²) in [6, 6.07) is 5.51. The van der Waals surface area contributed by atoms with Gasteiger partial charge in [-0.2, -0.15) is 30.0 Å². The summed E-state index contributed by atoms with van der Waals surface area (Å²) in [5.41, 5.74) is 1.56. The van der Waals surface area contributed by atoms with Crippen LogP contribution in [0.15, 0.2) is 30.6 Å². The molecule has 2 rings (SSSR count). The highest BCUT2D eigenvalue weighted by Gasteiger charge is 2.26. The lowest BCUT2D eigenvalue weighted by Crippen LogP contribution is -2.32. The van der Waals surface area contributed by atoms with E-state index in [1.54, 1.807) is 29.0 Å². The zero-order chi connectivity index (χ0) is 19.2. The van der Waals surface area contributed by atoms with E-state index >= 15 is 0 Å². The van der Waals surface area contributed by atoms with E-state index in [9.17, 15) is 18.0 Å². The first-order valence-corrected chi connectivity index (χ1v) is 9.36. The van der Waals surface area contributed by atoms with Crippen molar-refractivity contribution in [2.24, 2.45) is 7.05 Å². The van der Waals surface area contributed by atoms with Crippen molar-refractivity contribution in [1.29, 1.82) is 0 Å². The number of amides is 1. The second kappa shape index (κ2) is 9.07. The van der Waals surface area contributed by atoms with Crippen molar-refractivity contribution < 1.29 is 18.0 Å². The van der Waals surface area contributed by atoms with Gasteiger partial charge in [0.25, 0.3) is 0 Å². The van der Waals surface area contributed by atoms with Gasteiger partial charge in [-0.1, -0.05) is 0 Å². The quantitative estimate of drug-likeness (QED) is 0.646. The lowest BCUT2D eigenvalue weighted by molar-refractivity contribution is -0.129. The van der Waals surface area contributed by atoms with Crippen molar-refractivity contribution in [2.45, 2.75) is 25.9 Å². The molecule has 0 fully saturated rings. The average molecular weight is 386 g/mol. The Kier molecular flexibility index (Phi) is 7.07. The molecule has 0 aliphatic carbocycles. The van der Waals surface area contributed by atoms with Crippen molar-refractivity contribution in [2.75, 3.05) is 23.0 Å². The maximum absolute atomic E-state index is 12.5. The van der Waals surface area contributed by atoms with E-state index in [4.69, 9.17) is 0 Å². The molecule has 0 atom stereocenters. The van der Waals surface area contributed by atoms with E-state index in [0.717, 1.165) is 17.3 Å². The monoisotopic (exact) mass is 386 g/mol. The molecular formula is C17H21F3N4OS. The number of thioether (sulfide) groups is 1. The predicted octanol–water partition coefficient (Wildman–Crippen LogP) is 3.91. The molecule has 2 heterocycles. The van der Waals surface area contributed by atoms with Crippen LogP contribution in [0.3, 0.4) is 0 Å². The summed E-state index contributed by atoms with van der Waals surface area (Å²) in [6.45, 7) is 2.31. The third-order valence-corrected chi connectivity index (χ3v) is 4.68. The number of pyridine rings is 1. The van der Waals surface area contributed by atoms with E-state index < -0.39 is 12.6 Å². The van der Waals surface area contributed by atoms with Crippen LogP contribution in [0.2, 0.25) is 0 Å². The SMILES string of the molecule is CCN(C(=O)CCSCCC(F)(F)F)c1cc(-c2cccnc2)nn1C. The number of carbonyl (C=O) groups is 1. The molecule has 2 aromatic heterocycles. The van der Waals surface area contributed by atoms with Gasteiger partial charge in [0.1, 0.15) is 5.82 Å². The van der Waals surface area contributed by atoms with Gasteiger partial charge < -0.3 is 0 Å². The van der Waals surface area contributed by atoms with Gasteiger partial charge in [-0.3, -0.25) is 19.4 Å². The van der Waals surface area contributed by atoms with E-state index in [1.807, 2.05) is 25.1 Å². The number of hydrogen-bond donors (Lipinski definition) is 0. The average Bonchev–Trinajstić information content (AvgIpc) is 2.97. The van der Waals surface area contributed by atoms with Crippen molar-refractivity contribution in [3.05, 3.63) is 30.6 Å². The summed E-state index contributed by atoms with van der Waals surface area (Å²) in [5.74, 6) is 0.850. The number of alkyl halides is 3. The summed E-state index contributed by atoms with van der Waals surface area (Å²) >= 11 is 1.14. The van der Waals surface area contributed by atoms with Gasteiger partial charge in [0.2, 0.25) is 5.91 Å². The number of aromatic nitrogens is 3. The fraction of sp³-hybridized carbons (Fsp3) is 0.471. The van der Waals surface area contributed by atoms with Crippen LogP contribution in [0.4, 0.5) is 19.0 Å². The van der Waals surface area contributed by atoms with Gasteiger partial charge in [0.05, 0.1) is 12.1 Å². The Morgan fingerprint density at radius 2 is 2.12 bits per heavy atom. The van der Waals surface area contributed by atoms with Crippen molar-refractivity contribution in [3.63, 3.8) is 0 Å². The molecule has 9 heteroatoms. The van der Waals surface area contributed by atoms with Crippen LogP contribution < -0.4 is 4.90 Å². The molecule has 0 aliphatic rings. The first-order valence-electron chi connectivity index (χ1n) is 8.21. The van der Waals surface area contributed by atoms with Gasteiger partial charge in [-0.15, -0.1) is 0 Å². The molecule has 0 aliphatic heterocycles. The first kappa shape index (κ1) is 20.3. The third kappa shape index (κ3) is 5.76. The zero-order valence-electron chi connectivity index (χ0n) is 14.7. The minimum atomic E-state index is -4.15. The lowest BCUT2D eigenvalue weighted by atomic mass is 10.2. The fourth-order valence-electron chi connectivity index (χ4n) is 2.42. The Balaban J connectivity index is 1.97. The summed E-state index contributed by atoms with van der Waals surface area (Å²) in [6.07, 6.45) is -1.43. The van der Waals surface area contributed by atoms with Crippen LogP contribution in [0.25, 0.3) is 11.3 Å². The molecule has 0 bridgehead atoms. The van der Waals surface area contributed by atoms with Gasteiger partial charge in [0, 0.05) is 55.5 Å². The Morgan fingerprint density at radius 1 is 1.35 bits per heavy atom. The second-order valence-electron chi connectivity index (χ2n) is 5.62. The van der Waals surface area contributed by atoms with Crippen molar-refractivity contribution in [3.8, 4) is 11.3 Å². The van der Waals surface area contributed by atoms with Crippen LogP contribution in [-0.4, -0.2) is 44.9 Å². The predicted molar refractivity (Wildman–Crippen MR) is 97.1 cm³/mol. The molecule has 0 saturated carbocycles. The first-order chi connectivity index (χ1) is 12.3. The minimum Gasteiger partial charge on any atom is -0.297 e. The van der Waals surface area contributed by atoms with Crippen LogP contribution in [0.1, 0.15) is 19.8 Å². The number of nitrogens with zero attached hydrogens (tertiary/aromatic N) is 4. The number of halogens is 3. The summed E-state index contributed by atoms with van der Waals surface area (Å²) in [7, 11) is 1.75. The molecule has 0 unspecified atom stereocenters. The van der Waals surface area contributed by atoms with Crippen LogP contribution in [0.5, 0.6) is 0 Å². The lowest BCUT2D eigenvalue weighted by Gasteiger charge is -2.20. The Bertz CT molecular complexity index is 719. The Hall–Kier alpha value is -2.03. The van der Waals surface area contributed by atoms with Crippen LogP contribution in [0, 0.1) is 0 Å². The highest BCUT2D eigenvalue weighted by atomic mass is 32.2. The smallest absolute Gasteiger partial charge is 0.297 e. The molecule has 0 spiro atoms. The summed E-state index contributed by atoms with van der Waals surface area (Å²) in [4.78, 5) is 18.1. The summed E-state index contributed by atoms with van der Waals surface area (Å²) < 4.78 is 38.0. The largest absolute Gasteiger partial charge is 0.389 e. The molecular weight excluding hydrogens is 365 g/mol. The van der Waals surface area contributed by atoms with E-state index in [2.05, 4.69) is 10.1 Å². The normalized spacial score (nSPS) is 11.6. The number of aryl methyl sites for hydroxylation is 1. The highest BCUT2D eigenvalue weighted by molar-refractivity contribution is 7.99. The standard InChI is InChI=1S/C17H21F3N4OS/c1-3-24(16(25)6-9-26-10-7-17(18,19)20)15-11-14(22-23(15)2)13-5-4-8-21-12-13/h4-5,8,11-12H,3,6-7,9-10H2,1-2H3. The molecule has 26 heavy (non-hydrogen) atoms. The third-order valence-electron chi connectivity index (χ3n) is 3.70. The molecule has 2 aromatic rings. The van der Waals surface area contributed by atoms with Crippen LogP contribution >= 0.6 is 11.8 Å². The number of carbonyl (C=O) groups excluding carboxylic acids is 1. The number of rotatable bonds is 8. The summed E-state index contributed by atoms with van der Waals surface area (Å²) in [5, 5.41) is 4.42. The Morgan fingerprint density at radius 3 is 2.73 bits per heavy atom. The molecule has 5 nitrogen and oxygen atoms in total. The van der Waals surface area contributed by atoms with Gasteiger partial charge in [-0.25, -0.2) is 0 Å².